The molecule has 0 amide bonds. The molecule has 1 atom stereocenters. The highest BCUT2D eigenvalue weighted by Crippen LogP contribution is 2.38. The molecule has 144 valence electrons. The summed E-state index contributed by atoms with van der Waals surface area (Å²) in [6, 6.07) is 17.5. The molecule has 29 heavy (non-hydrogen) atoms. The molecule has 1 aliphatic heterocycles. The Morgan fingerprint density at radius 3 is 2.48 bits per heavy atom. The quantitative estimate of drug-likeness (QED) is 0.495. The summed E-state index contributed by atoms with van der Waals surface area (Å²) in [7, 11) is -3.80. The van der Waals surface area contributed by atoms with E-state index in [9.17, 15) is 8.42 Å². The first kappa shape index (κ1) is 18.0. The molecule has 0 aliphatic carbocycles. The fourth-order valence-corrected chi connectivity index (χ4v) is 5.61. The molecule has 1 aliphatic rings. The van der Waals surface area contributed by atoms with E-state index in [1.165, 1.54) is 4.41 Å². The van der Waals surface area contributed by atoms with Crippen LogP contribution in [0.25, 0.3) is 11.0 Å². The van der Waals surface area contributed by atoms with Gasteiger partial charge in [-0.25, -0.2) is 0 Å². The van der Waals surface area contributed by atoms with Gasteiger partial charge in [-0.15, -0.1) is 11.3 Å². The first-order chi connectivity index (χ1) is 14.1. The Balaban J connectivity index is 1.62. The molecule has 0 fully saturated rings. The van der Waals surface area contributed by atoms with E-state index in [1.54, 1.807) is 54.1 Å². The monoisotopic (exact) mass is 420 g/mol. The van der Waals surface area contributed by atoms with Crippen LogP contribution < -0.4 is 0 Å². The lowest BCUT2D eigenvalue weighted by atomic mass is 10.0. The molecule has 8 heteroatoms. The Labute approximate surface area is 172 Å². The van der Waals surface area contributed by atoms with E-state index in [1.807, 2.05) is 35.7 Å². The highest BCUT2D eigenvalue weighted by molar-refractivity contribution is 7.89. The van der Waals surface area contributed by atoms with Crippen LogP contribution in [0.2, 0.25) is 0 Å². The van der Waals surface area contributed by atoms with Gasteiger partial charge in [-0.1, -0.05) is 30.3 Å². The largest absolute Gasteiger partial charge is 0.279 e. The number of sulfonamides is 1. The van der Waals surface area contributed by atoms with E-state index in [0.717, 1.165) is 27.2 Å². The summed E-state index contributed by atoms with van der Waals surface area (Å²) in [5, 5.41) is 6.52. The number of aromatic nitrogens is 2. The average Bonchev–Trinajstić information content (AvgIpc) is 3.44. The minimum atomic E-state index is -3.80. The van der Waals surface area contributed by atoms with Gasteiger partial charge < -0.3 is 0 Å². The van der Waals surface area contributed by atoms with E-state index in [0.29, 0.717) is 6.42 Å². The predicted octanol–water partition coefficient (Wildman–Crippen LogP) is 4.23. The molecular weight excluding hydrogens is 404 g/mol. The van der Waals surface area contributed by atoms with E-state index < -0.39 is 16.1 Å². The van der Waals surface area contributed by atoms with Crippen LogP contribution in [0.3, 0.4) is 0 Å². The maximum Gasteiger partial charge on any atom is 0.279 e. The van der Waals surface area contributed by atoms with Gasteiger partial charge in [-0.2, -0.15) is 17.9 Å². The van der Waals surface area contributed by atoms with Gasteiger partial charge in [0.15, 0.2) is 0 Å². The van der Waals surface area contributed by atoms with Gasteiger partial charge in [0.05, 0.1) is 32.6 Å². The van der Waals surface area contributed by atoms with Crippen LogP contribution >= 0.6 is 11.3 Å². The number of fused-ring (bicyclic) bond motifs is 1. The van der Waals surface area contributed by atoms with Crippen molar-refractivity contribution >= 4 is 38.1 Å². The van der Waals surface area contributed by atoms with Crippen molar-refractivity contribution in [3.8, 4) is 0 Å². The summed E-state index contributed by atoms with van der Waals surface area (Å²) in [4.78, 5) is 9.86. The Kier molecular flexibility index (Phi) is 4.37. The molecule has 2 aromatic carbocycles. The first-order valence-electron chi connectivity index (χ1n) is 9.04. The predicted molar refractivity (Wildman–Crippen MR) is 113 cm³/mol. The standard InChI is InChI=1S/C21H16N4O2S2/c26-29(27,16-5-2-1-3-6-16)25-20(14-19(24-25)21-7-4-12-28-21)15-8-9-17-18(13-15)23-11-10-22-17/h1-13,20H,14H2. The normalized spacial score (nSPS) is 16.9. The Morgan fingerprint density at radius 1 is 0.931 bits per heavy atom. The van der Waals surface area contributed by atoms with Crippen molar-refractivity contribution in [2.75, 3.05) is 0 Å². The summed E-state index contributed by atoms with van der Waals surface area (Å²) in [6.45, 7) is 0. The van der Waals surface area contributed by atoms with Crippen molar-refractivity contribution < 1.29 is 8.42 Å². The number of nitrogens with zero attached hydrogens (tertiary/aromatic N) is 4. The van der Waals surface area contributed by atoms with Crippen LogP contribution in [-0.4, -0.2) is 28.5 Å². The second-order valence-corrected chi connectivity index (χ2v) is 9.38. The summed E-state index contributed by atoms with van der Waals surface area (Å²) in [5.74, 6) is 0. The molecule has 4 aromatic rings. The molecule has 0 N–H and O–H groups in total. The highest BCUT2D eigenvalue weighted by Gasteiger charge is 2.38. The molecule has 1 unspecified atom stereocenters. The maximum absolute atomic E-state index is 13.4. The lowest BCUT2D eigenvalue weighted by Gasteiger charge is -2.23. The number of rotatable bonds is 4. The van der Waals surface area contributed by atoms with Gasteiger partial charge in [0.25, 0.3) is 10.0 Å². The summed E-state index contributed by atoms with van der Waals surface area (Å²) >= 11 is 1.55. The molecule has 0 saturated heterocycles. The van der Waals surface area contributed by atoms with Gasteiger partial charge >= 0.3 is 0 Å². The average molecular weight is 421 g/mol. The number of thiophene rings is 1. The summed E-state index contributed by atoms with van der Waals surface area (Å²) in [6.07, 6.45) is 3.77. The van der Waals surface area contributed by atoms with Crippen LogP contribution in [0, 0.1) is 0 Å². The van der Waals surface area contributed by atoms with Gasteiger partial charge in [-0.3, -0.25) is 9.97 Å². The van der Waals surface area contributed by atoms with Crippen LogP contribution in [-0.2, 0) is 10.0 Å². The molecule has 0 saturated carbocycles. The third-order valence-corrected chi connectivity index (χ3v) is 7.46. The van der Waals surface area contributed by atoms with Crippen LogP contribution in [0.5, 0.6) is 0 Å². The maximum atomic E-state index is 13.4. The SMILES string of the molecule is O=S(=O)(c1ccccc1)N1N=C(c2cccs2)CC1c1ccc2nccnc2c1. The lowest BCUT2D eigenvalue weighted by molar-refractivity contribution is 0.371. The smallest absolute Gasteiger partial charge is 0.253 e. The summed E-state index contributed by atoms with van der Waals surface area (Å²) in [5.41, 5.74) is 3.11. The fourth-order valence-electron chi connectivity index (χ4n) is 3.44. The molecule has 2 aromatic heterocycles. The van der Waals surface area contributed by atoms with Crippen molar-refractivity contribution in [2.45, 2.75) is 17.4 Å². The number of hydrogen-bond donors (Lipinski definition) is 0. The first-order valence-corrected chi connectivity index (χ1v) is 11.4. The van der Waals surface area contributed by atoms with E-state index in [4.69, 9.17) is 0 Å². The van der Waals surface area contributed by atoms with E-state index >= 15 is 0 Å². The molecule has 0 spiro atoms. The Morgan fingerprint density at radius 2 is 1.72 bits per heavy atom. The zero-order chi connectivity index (χ0) is 19.8. The van der Waals surface area contributed by atoms with Crippen molar-refractivity contribution in [3.05, 3.63) is 88.9 Å². The second-order valence-electron chi connectivity index (χ2n) is 6.64. The zero-order valence-electron chi connectivity index (χ0n) is 15.2. The number of hydrazone groups is 1. The zero-order valence-corrected chi connectivity index (χ0v) is 16.8. The van der Waals surface area contributed by atoms with Crippen molar-refractivity contribution in [2.24, 2.45) is 5.10 Å². The molecular formula is C21H16N4O2S2. The van der Waals surface area contributed by atoms with Crippen molar-refractivity contribution in [1.82, 2.24) is 14.4 Å². The minimum Gasteiger partial charge on any atom is -0.253 e. The molecule has 5 rings (SSSR count). The molecule has 0 bridgehead atoms. The topological polar surface area (TPSA) is 75.5 Å². The molecule has 0 radical (unpaired) electrons. The van der Waals surface area contributed by atoms with Gasteiger partial charge in [0.1, 0.15) is 0 Å². The van der Waals surface area contributed by atoms with Crippen LogP contribution in [0.15, 0.2) is 88.4 Å². The second kappa shape index (κ2) is 7.06. The van der Waals surface area contributed by atoms with Crippen LogP contribution in [0.4, 0.5) is 0 Å². The van der Waals surface area contributed by atoms with E-state index in [2.05, 4.69) is 15.1 Å². The summed E-state index contributed by atoms with van der Waals surface area (Å²) < 4.78 is 28.0. The third-order valence-electron chi connectivity index (χ3n) is 4.84. The number of benzene rings is 2. The fraction of sp³-hybridized carbons (Fsp3) is 0.0952. The van der Waals surface area contributed by atoms with Gasteiger partial charge in [0.2, 0.25) is 0 Å². The van der Waals surface area contributed by atoms with E-state index in [-0.39, 0.29) is 4.90 Å². The molecule has 3 heterocycles. The van der Waals surface area contributed by atoms with Gasteiger partial charge in [-0.05, 0) is 41.3 Å². The van der Waals surface area contributed by atoms with Gasteiger partial charge in [0, 0.05) is 18.8 Å². The van der Waals surface area contributed by atoms with Crippen molar-refractivity contribution in [3.63, 3.8) is 0 Å². The minimum absolute atomic E-state index is 0.224. The Hall–Kier alpha value is -3.10. The highest BCUT2D eigenvalue weighted by atomic mass is 32.2. The molecule has 6 nitrogen and oxygen atoms in total. The van der Waals surface area contributed by atoms with Crippen molar-refractivity contribution in [1.29, 1.82) is 0 Å². The third kappa shape index (κ3) is 3.20. The lowest BCUT2D eigenvalue weighted by Crippen LogP contribution is -2.27. The number of hydrogen-bond acceptors (Lipinski definition) is 6. The Bertz CT molecular complexity index is 1300. The van der Waals surface area contributed by atoms with Crippen LogP contribution in [0.1, 0.15) is 22.9 Å².